The first-order valence-corrected chi connectivity index (χ1v) is 8.84. The summed E-state index contributed by atoms with van der Waals surface area (Å²) in [6.07, 6.45) is 5.41. The van der Waals surface area contributed by atoms with E-state index in [1.807, 2.05) is 17.5 Å². The lowest BCUT2D eigenvalue weighted by Crippen LogP contribution is -2.44. The molecule has 1 aliphatic heterocycles. The first-order valence-electron chi connectivity index (χ1n) is 7.96. The standard InChI is InChI=1S/C17H18N4O3S/c18-15(22)11-8-12(10-19-9-11)20-16(23)17(24)21-6-2-1-4-13(21)14-5-3-7-25-14/h3,5,7-10,13H,1-2,4,6H2,(H2,18,22)(H,20,23). The number of likely N-dealkylation sites (tertiary alicyclic amines) is 1. The highest BCUT2D eigenvalue weighted by Crippen LogP contribution is 2.33. The Kier molecular flexibility index (Phi) is 5.08. The van der Waals surface area contributed by atoms with Crippen LogP contribution < -0.4 is 11.1 Å². The molecule has 3 N–H and O–H groups in total. The van der Waals surface area contributed by atoms with E-state index in [9.17, 15) is 14.4 Å². The van der Waals surface area contributed by atoms with Gasteiger partial charge in [0.15, 0.2) is 0 Å². The van der Waals surface area contributed by atoms with Gasteiger partial charge in [0.05, 0.1) is 23.5 Å². The molecule has 8 heteroatoms. The van der Waals surface area contributed by atoms with E-state index in [-0.39, 0.29) is 17.3 Å². The zero-order chi connectivity index (χ0) is 17.8. The summed E-state index contributed by atoms with van der Waals surface area (Å²) in [7, 11) is 0. The normalized spacial score (nSPS) is 17.1. The first-order chi connectivity index (χ1) is 12.1. The minimum Gasteiger partial charge on any atom is -0.366 e. The van der Waals surface area contributed by atoms with E-state index in [1.54, 1.807) is 16.2 Å². The monoisotopic (exact) mass is 358 g/mol. The molecule has 0 aromatic carbocycles. The highest BCUT2D eigenvalue weighted by atomic mass is 32.1. The van der Waals surface area contributed by atoms with Crippen molar-refractivity contribution in [3.8, 4) is 0 Å². The van der Waals surface area contributed by atoms with Crippen molar-refractivity contribution in [2.75, 3.05) is 11.9 Å². The zero-order valence-electron chi connectivity index (χ0n) is 13.5. The van der Waals surface area contributed by atoms with Crippen LogP contribution >= 0.6 is 11.3 Å². The Balaban J connectivity index is 1.74. The van der Waals surface area contributed by atoms with Crippen molar-refractivity contribution in [3.63, 3.8) is 0 Å². The summed E-state index contributed by atoms with van der Waals surface area (Å²) in [4.78, 5) is 42.7. The maximum atomic E-state index is 12.6. The number of nitrogens with two attached hydrogens (primary N) is 1. The molecule has 7 nitrogen and oxygen atoms in total. The van der Waals surface area contributed by atoms with Crippen LogP contribution in [-0.4, -0.2) is 34.2 Å². The second-order valence-corrected chi connectivity index (χ2v) is 6.79. The largest absolute Gasteiger partial charge is 0.366 e. The summed E-state index contributed by atoms with van der Waals surface area (Å²) in [5, 5.41) is 4.47. The molecular formula is C17H18N4O3S. The Morgan fingerprint density at radius 1 is 1.28 bits per heavy atom. The molecule has 1 atom stereocenters. The van der Waals surface area contributed by atoms with E-state index in [0.717, 1.165) is 24.1 Å². The summed E-state index contributed by atoms with van der Waals surface area (Å²) in [6.45, 7) is 0.550. The quantitative estimate of drug-likeness (QED) is 0.818. The van der Waals surface area contributed by atoms with Crippen LogP contribution in [0.2, 0.25) is 0 Å². The second-order valence-electron chi connectivity index (χ2n) is 5.81. The number of aromatic nitrogens is 1. The number of hydrogen-bond acceptors (Lipinski definition) is 5. The van der Waals surface area contributed by atoms with Crippen molar-refractivity contribution in [2.24, 2.45) is 5.73 Å². The van der Waals surface area contributed by atoms with E-state index in [0.29, 0.717) is 6.54 Å². The molecule has 1 aliphatic rings. The van der Waals surface area contributed by atoms with Crippen LogP contribution in [0.3, 0.4) is 0 Å². The van der Waals surface area contributed by atoms with E-state index < -0.39 is 17.7 Å². The van der Waals surface area contributed by atoms with Crippen molar-refractivity contribution < 1.29 is 14.4 Å². The summed E-state index contributed by atoms with van der Waals surface area (Å²) in [5.74, 6) is -1.97. The average molecular weight is 358 g/mol. The lowest BCUT2D eigenvalue weighted by atomic mass is 10.0. The van der Waals surface area contributed by atoms with Gasteiger partial charge in [-0.15, -0.1) is 11.3 Å². The smallest absolute Gasteiger partial charge is 0.313 e. The van der Waals surface area contributed by atoms with Crippen LogP contribution in [0.25, 0.3) is 0 Å². The number of primary amides is 1. The predicted molar refractivity (Wildman–Crippen MR) is 94.0 cm³/mol. The molecule has 25 heavy (non-hydrogen) atoms. The van der Waals surface area contributed by atoms with Gasteiger partial charge in [-0.1, -0.05) is 6.07 Å². The molecular weight excluding hydrogens is 340 g/mol. The number of hydrogen-bond donors (Lipinski definition) is 2. The van der Waals surface area contributed by atoms with E-state index in [2.05, 4.69) is 10.3 Å². The van der Waals surface area contributed by atoms with Gasteiger partial charge in [0, 0.05) is 17.6 Å². The first kappa shape index (κ1) is 17.1. The van der Waals surface area contributed by atoms with Crippen LogP contribution in [0.5, 0.6) is 0 Å². The van der Waals surface area contributed by atoms with Gasteiger partial charge < -0.3 is 16.0 Å². The number of amides is 3. The van der Waals surface area contributed by atoms with Gasteiger partial charge in [0.2, 0.25) is 5.91 Å². The molecule has 1 fully saturated rings. The third kappa shape index (κ3) is 3.85. The van der Waals surface area contributed by atoms with E-state index in [1.165, 1.54) is 18.5 Å². The summed E-state index contributed by atoms with van der Waals surface area (Å²) in [5.41, 5.74) is 5.63. The van der Waals surface area contributed by atoms with Gasteiger partial charge in [-0.2, -0.15) is 0 Å². The van der Waals surface area contributed by atoms with E-state index >= 15 is 0 Å². The molecule has 0 bridgehead atoms. The Morgan fingerprint density at radius 2 is 2.12 bits per heavy atom. The van der Waals surface area contributed by atoms with Crippen molar-refractivity contribution in [3.05, 3.63) is 46.4 Å². The van der Waals surface area contributed by atoms with Gasteiger partial charge in [0.25, 0.3) is 0 Å². The minimum atomic E-state index is -0.744. The SMILES string of the molecule is NC(=O)c1cncc(NC(=O)C(=O)N2CCCCC2c2cccs2)c1. The van der Waals surface area contributed by atoms with Crippen molar-refractivity contribution in [2.45, 2.75) is 25.3 Å². The van der Waals surface area contributed by atoms with Crippen molar-refractivity contribution in [1.82, 2.24) is 9.88 Å². The molecule has 0 aliphatic carbocycles. The topological polar surface area (TPSA) is 105 Å². The van der Waals surface area contributed by atoms with Gasteiger partial charge in [-0.3, -0.25) is 19.4 Å². The number of carbonyl (C=O) groups is 3. The van der Waals surface area contributed by atoms with Crippen LogP contribution in [0.4, 0.5) is 5.69 Å². The summed E-state index contributed by atoms with van der Waals surface area (Å²) in [6, 6.07) is 5.26. The van der Waals surface area contributed by atoms with Crippen LogP contribution in [-0.2, 0) is 9.59 Å². The molecule has 3 amide bonds. The molecule has 130 valence electrons. The molecule has 0 spiro atoms. The highest BCUT2D eigenvalue weighted by Gasteiger charge is 2.32. The number of rotatable bonds is 3. The number of nitrogens with zero attached hydrogens (tertiary/aromatic N) is 2. The second kappa shape index (κ2) is 7.43. The van der Waals surface area contributed by atoms with Gasteiger partial charge in [0.1, 0.15) is 0 Å². The highest BCUT2D eigenvalue weighted by molar-refractivity contribution is 7.10. The van der Waals surface area contributed by atoms with Crippen LogP contribution in [0.1, 0.15) is 40.5 Å². The molecule has 1 unspecified atom stereocenters. The number of nitrogens with one attached hydrogen (secondary N) is 1. The minimum absolute atomic E-state index is 0.0675. The molecule has 3 rings (SSSR count). The molecule has 2 aromatic rings. The molecule has 1 saturated heterocycles. The number of anilines is 1. The molecule has 2 aromatic heterocycles. The third-order valence-electron chi connectivity index (χ3n) is 4.11. The molecule has 0 saturated carbocycles. The lowest BCUT2D eigenvalue weighted by Gasteiger charge is -2.34. The van der Waals surface area contributed by atoms with Crippen LogP contribution in [0.15, 0.2) is 36.0 Å². The number of piperidine rings is 1. The number of pyridine rings is 1. The lowest BCUT2D eigenvalue weighted by molar-refractivity contribution is -0.145. The maximum absolute atomic E-state index is 12.6. The predicted octanol–water partition coefficient (Wildman–Crippen LogP) is 1.93. The Hall–Kier alpha value is -2.74. The zero-order valence-corrected chi connectivity index (χ0v) is 14.3. The Labute approximate surface area is 148 Å². The van der Waals surface area contributed by atoms with Crippen molar-refractivity contribution >= 4 is 34.7 Å². The summed E-state index contributed by atoms with van der Waals surface area (Å²) < 4.78 is 0. The molecule has 3 heterocycles. The van der Waals surface area contributed by atoms with Crippen LogP contribution in [0, 0.1) is 0 Å². The van der Waals surface area contributed by atoms with Crippen molar-refractivity contribution in [1.29, 1.82) is 0 Å². The fraction of sp³-hybridized carbons (Fsp3) is 0.294. The Bertz CT molecular complexity index is 791. The maximum Gasteiger partial charge on any atom is 0.313 e. The van der Waals surface area contributed by atoms with E-state index in [4.69, 9.17) is 5.73 Å². The molecule has 0 radical (unpaired) electrons. The Morgan fingerprint density at radius 3 is 2.84 bits per heavy atom. The fourth-order valence-corrected chi connectivity index (χ4v) is 3.78. The van der Waals surface area contributed by atoms with Gasteiger partial charge >= 0.3 is 11.8 Å². The number of thiophene rings is 1. The fourth-order valence-electron chi connectivity index (χ4n) is 2.91. The van der Waals surface area contributed by atoms with Gasteiger partial charge in [-0.25, -0.2) is 0 Å². The summed E-state index contributed by atoms with van der Waals surface area (Å²) >= 11 is 1.58. The third-order valence-corrected chi connectivity index (χ3v) is 5.08. The van der Waals surface area contributed by atoms with Gasteiger partial charge in [-0.05, 0) is 36.8 Å². The number of carbonyl (C=O) groups excluding carboxylic acids is 3. The average Bonchev–Trinajstić information content (AvgIpc) is 3.15.